The molecule has 5 nitrogen and oxygen atoms in total. The minimum absolute atomic E-state index is 0.221. The Morgan fingerprint density at radius 2 is 2.00 bits per heavy atom. The van der Waals surface area contributed by atoms with Gasteiger partial charge in [0.05, 0.1) is 11.2 Å². The number of thiocarbonyl (C=S) groups is 1. The van der Waals surface area contributed by atoms with Crippen molar-refractivity contribution in [2.75, 3.05) is 0 Å². The molecule has 1 aliphatic heterocycles. The van der Waals surface area contributed by atoms with Crippen LogP contribution in [-0.2, 0) is 9.59 Å². The summed E-state index contributed by atoms with van der Waals surface area (Å²) in [4.78, 5) is 25.9. The van der Waals surface area contributed by atoms with E-state index in [4.69, 9.17) is 16.6 Å². The number of hydrogen-bond donors (Lipinski definition) is 1. The van der Waals surface area contributed by atoms with Crippen LogP contribution >= 0.6 is 24.0 Å². The summed E-state index contributed by atoms with van der Waals surface area (Å²) < 4.78 is 5.39. The van der Waals surface area contributed by atoms with Crippen LogP contribution in [0.1, 0.15) is 17.4 Å². The average Bonchev–Trinajstić information content (AvgIpc) is 3.20. The Labute approximate surface area is 153 Å². The van der Waals surface area contributed by atoms with Crippen LogP contribution in [0.4, 0.5) is 0 Å². The van der Waals surface area contributed by atoms with Crippen molar-refractivity contribution in [3.05, 3.63) is 77.1 Å². The third kappa shape index (κ3) is 3.72. The number of carbonyl (C=O) groups is 2. The van der Waals surface area contributed by atoms with E-state index < -0.39 is 17.9 Å². The van der Waals surface area contributed by atoms with Crippen molar-refractivity contribution >= 4 is 46.3 Å². The van der Waals surface area contributed by atoms with E-state index in [2.05, 4.69) is 0 Å². The molecule has 1 aromatic heterocycles. The maximum Gasteiger partial charge on any atom is 0.331 e. The number of thioether (sulfide) groups is 1. The second kappa shape index (κ2) is 7.50. The summed E-state index contributed by atoms with van der Waals surface area (Å²) in [7, 11) is 0. The Balaban J connectivity index is 1.86. The van der Waals surface area contributed by atoms with Gasteiger partial charge in [0.1, 0.15) is 10.1 Å². The fourth-order valence-electron chi connectivity index (χ4n) is 2.37. The van der Waals surface area contributed by atoms with Crippen LogP contribution in [0.5, 0.6) is 0 Å². The quantitative estimate of drug-likeness (QED) is 0.636. The summed E-state index contributed by atoms with van der Waals surface area (Å²) in [5, 5.41) is 9.60. The maximum atomic E-state index is 12.7. The Bertz CT molecular complexity index is 856. The largest absolute Gasteiger partial charge is 0.479 e. The molecule has 25 heavy (non-hydrogen) atoms. The lowest BCUT2D eigenvalue weighted by Crippen LogP contribution is -2.37. The van der Waals surface area contributed by atoms with Gasteiger partial charge in [0.15, 0.2) is 6.04 Å². The van der Waals surface area contributed by atoms with E-state index in [1.54, 1.807) is 67.0 Å². The van der Waals surface area contributed by atoms with Crippen LogP contribution in [0.3, 0.4) is 0 Å². The number of carboxylic acid groups (broad SMARTS) is 1. The molecule has 126 valence electrons. The number of amides is 1. The molecule has 3 rings (SSSR count). The van der Waals surface area contributed by atoms with Gasteiger partial charge in [-0.2, -0.15) is 0 Å². The molecule has 0 spiro atoms. The van der Waals surface area contributed by atoms with Gasteiger partial charge in [0.2, 0.25) is 0 Å². The highest BCUT2D eigenvalue weighted by Crippen LogP contribution is 2.37. The van der Waals surface area contributed by atoms with Gasteiger partial charge in [-0.05, 0) is 29.8 Å². The van der Waals surface area contributed by atoms with Crippen molar-refractivity contribution < 1.29 is 19.1 Å². The van der Waals surface area contributed by atoms with Gasteiger partial charge in [0.25, 0.3) is 5.91 Å². The summed E-state index contributed by atoms with van der Waals surface area (Å²) >= 11 is 6.32. The molecule has 0 aliphatic carbocycles. The minimum atomic E-state index is -1.14. The Kier molecular flexibility index (Phi) is 5.16. The van der Waals surface area contributed by atoms with Crippen LogP contribution in [0, 0.1) is 0 Å². The third-order valence-electron chi connectivity index (χ3n) is 3.48. The van der Waals surface area contributed by atoms with Crippen LogP contribution in [-0.4, -0.2) is 26.2 Å². The molecule has 1 N–H and O–H groups in total. The molecule has 1 amide bonds. The highest BCUT2D eigenvalue weighted by Gasteiger charge is 2.41. The first-order valence-corrected chi connectivity index (χ1v) is 8.55. The molecule has 1 aliphatic rings. The number of furan rings is 1. The highest BCUT2D eigenvalue weighted by atomic mass is 32.2. The summed E-state index contributed by atoms with van der Waals surface area (Å²) in [6, 6.07) is 11.0. The van der Waals surface area contributed by atoms with E-state index in [1.165, 1.54) is 0 Å². The van der Waals surface area contributed by atoms with Crippen molar-refractivity contribution in [2.45, 2.75) is 6.04 Å². The lowest BCUT2D eigenvalue weighted by molar-refractivity contribution is -0.145. The molecule has 0 bridgehead atoms. The zero-order chi connectivity index (χ0) is 17.8. The molecular weight excluding hydrogens is 358 g/mol. The number of carbonyl (C=O) groups excluding carboxylic acids is 1. The molecule has 0 radical (unpaired) electrons. The van der Waals surface area contributed by atoms with E-state index in [9.17, 15) is 14.7 Å². The number of hydrogen-bond acceptors (Lipinski definition) is 5. The van der Waals surface area contributed by atoms with Crippen LogP contribution < -0.4 is 0 Å². The van der Waals surface area contributed by atoms with Gasteiger partial charge < -0.3 is 9.52 Å². The van der Waals surface area contributed by atoms with Crippen molar-refractivity contribution in [3.63, 3.8) is 0 Å². The Morgan fingerprint density at radius 3 is 2.64 bits per heavy atom. The van der Waals surface area contributed by atoms with Crippen LogP contribution in [0.15, 0.2) is 70.2 Å². The van der Waals surface area contributed by atoms with E-state index in [0.29, 0.717) is 16.2 Å². The Morgan fingerprint density at radius 1 is 1.24 bits per heavy atom. The fourth-order valence-corrected chi connectivity index (χ4v) is 3.64. The molecule has 1 fully saturated rings. The number of aliphatic carboxylic acids is 1. The summed E-state index contributed by atoms with van der Waals surface area (Å²) in [6.07, 6.45) is 6.53. The van der Waals surface area contributed by atoms with Gasteiger partial charge in [-0.25, -0.2) is 4.79 Å². The summed E-state index contributed by atoms with van der Waals surface area (Å²) in [6.45, 7) is 0. The summed E-state index contributed by atoms with van der Waals surface area (Å²) in [5.74, 6) is -0.898. The number of nitrogens with zero attached hydrogens (tertiary/aromatic N) is 1. The molecule has 7 heteroatoms. The number of allylic oxidation sites excluding steroid dienone is 2. The minimum Gasteiger partial charge on any atom is -0.479 e. The van der Waals surface area contributed by atoms with Gasteiger partial charge in [-0.3, -0.25) is 9.69 Å². The van der Waals surface area contributed by atoms with Gasteiger partial charge in [-0.15, -0.1) is 0 Å². The second-order valence-electron chi connectivity index (χ2n) is 5.10. The van der Waals surface area contributed by atoms with Gasteiger partial charge >= 0.3 is 5.97 Å². The first-order chi connectivity index (χ1) is 12.1. The number of carboxylic acids is 1. The van der Waals surface area contributed by atoms with Gasteiger partial charge in [-0.1, -0.05) is 60.4 Å². The van der Waals surface area contributed by atoms with Crippen molar-refractivity contribution in [3.8, 4) is 0 Å². The molecule has 2 heterocycles. The number of benzene rings is 1. The highest BCUT2D eigenvalue weighted by molar-refractivity contribution is 8.26. The fraction of sp³-hybridized carbons (Fsp3) is 0.0556. The van der Waals surface area contributed by atoms with Crippen LogP contribution in [0.25, 0.3) is 6.08 Å². The second-order valence-corrected chi connectivity index (χ2v) is 6.78. The van der Waals surface area contributed by atoms with Crippen molar-refractivity contribution in [1.82, 2.24) is 4.90 Å². The maximum absolute atomic E-state index is 12.7. The SMILES string of the molecule is O=C(O)[C@@H](c1ccccc1)N1C(=O)/C(=C\C=C\c2ccco2)SC1=S. The predicted molar refractivity (Wildman–Crippen MR) is 99.7 cm³/mol. The topological polar surface area (TPSA) is 70.8 Å². The standard InChI is InChI=1S/C18H13NO4S2/c20-16-14(10-4-8-13-9-5-11-23-13)25-18(24)19(16)15(17(21)22)12-6-2-1-3-7-12/h1-11,15H,(H,21,22)/b8-4+,14-10+/t15-/m1/s1. The van der Waals surface area contributed by atoms with E-state index in [0.717, 1.165) is 16.7 Å². The third-order valence-corrected chi connectivity index (χ3v) is 4.83. The first-order valence-electron chi connectivity index (χ1n) is 7.33. The summed E-state index contributed by atoms with van der Waals surface area (Å²) in [5.41, 5.74) is 0.499. The monoisotopic (exact) mass is 371 g/mol. The first kappa shape index (κ1) is 17.2. The smallest absolute Gasteiger partial charge is 0.331 e. The van der Waals surface area contributed by atoms with Crippen molar-refractivity contribution in [2.24, 2.45) is 0 Å². The molecular formula is C18H13NO4S2. The molecule has 1 atom stereocenters. The molecule has 2 aromatic rings. The van der Waals surface area contributed by atoms with E-state index in [1.807, 2.05) is 0 Å². The molecule has 0 unspecified atom stereocenters. The normalized spacial score (nSPS) is 17.6. The lowest BCUT2D eigenvalue weighted by Gasteiger charge is -2.23. The van der Waals surface area contributed by atoms with Crippen LogP contribution in [0.2, 0.25) is 0 Å². The predicted octanol–water partition coefficient (Wildman–Crippen LogP) is 3.86. The van der Waals surface area contributed by atoms with E-state index >= 15 is 0 Å². The average molecular weight is 371 g/mol. The Hall–Kier alpha value is -2.64. The lowest BCUT2D eigenvalue weighted by atomic mass is 10.1. The van der Waals surface area contributed by atoms with Crippen molar-refractivity contribution in [1.29, 1.82) is 0 Å². The number of rotatable bonds is 5. The van der Waals surface area contributed by atoms with Gasteiger partial charge in [0, 0.05) is 0 Å². The zero-order valence-electron chi connectivity index (χ0n) is 12.9. The zero-order valence-corrected chi connectivity index (χ0v) is 14.5. The molecule has 1 saturated heterocycles. The van der Waals surface area contributed by atoms with E-state index in [-0.39, 0.29) is 4.32 Å². The molecule has 0 saturated carbocycles. The molecule has 1 aromatic carbocycles.